The Labute approximate surface area is 190 Å². The van der Waals surface area contributed by atoms with Gasteiger partial charge in [0.15, 0.2) is 0 Å². The summed E-state index contributed by atoms with van der Waals surface area (Å²) in [4.78, 5) is 6.98. The first-order chi connectivity index (χ1) is 15.6. The fourth-order valence-corrected chi connectivity index (χ4v) is 6.01. The van der Waals surface area contributed by atoms with Gasteiger partial charge in [-0.05, 0) is 25.1 Å². The third kappa shape index (κ3) is 4.29. The molecule has 0 bridgehead atoms. The lowest BCUT2D eigenvalue weighted by molar-refractivity contribution is 0.185. The molecule has 0 atom stereocenters. The molecule has 0 radical (unpaired) electrons. The predicted octanol–water partition coefficient (Wildman–Crippen LogP) is 2.68. The molecule has 4 aromatic rings. The van der Waals surface area contributed by atoms with Gasteiger partial charge in [-0.1, -0.05) is 41.6 Å². The molecule has 0 aliphatic carbocycles. The van der Waals surface area contributed by atoms with Gasteiger partial charge in [-0.25, -0.2) is 8.42 Å². The van der Waals surface area contributed by atoms with Gasteiger partial charge in [0.2, 0.25) is 21.7 Å². The van der Waals surface area contributed by atoms with Gasteiger partial charge in [-0.3, -0.25) is 0 Å². The maximum absolute atomic E-state index is 13.1. The van der Waals surface area contributed by atoms with E-state index in [0.29, 0.717) is 55.3 Å². The largest absolute Gasteiger partial charge is 0.339 e. The predicted molar refractivity (Wildman–Crippen MR) is 121 cm³/mol. The number of hydrogen-bond donors (Lipinski definition) is 0. The average molecular weight is 471 g/mol. The molecule has 11 heteroatoms. The quantitative estimate of drug-likeness (QED) is 0.406. The monoisotopic (exact) mass is 470 g/mol. The van der Waals surface area contributed by atoms with Crippen molar-refractivity contribution in [2.24, 2.45) is 0 Å². The summed E-state index contributed by atoms with van der Waals surface area (Å²) in [7, 11) is -3.59. The highest BCUT2D eigenvalue weighted by Crippen LogP contribution is 2.25. The van der Waals surface area contributed by atoms with E-state index in [1.165, 1.54) is 0 Å². The van der Waals surface area contributed by atoms with Crippen molar-refractivity contribution in [3.05, 3.63) is 54.4 Å². The number of nitrogens with zero attached hydrogens (tertiary/aromatic N) is 6. The summed E-state index contributed by atoms with van der Waals surface area (Å²) in [6, 6.07) is 14.8. The summed E-state index contributed by atoms with van der Waals surface area (Å²) in [6.07, 6.45) is 1.56. The van der Waals surface area contributed by atoms with Crippen LogP contribution in [0.1, 0.15) is 12.3 Å². The van der Waals surface area contributed by atoms with Crippen molar-refractivity contribution in [1.29, 1.82) is 0 Å². The molecule has 2 aromatic heterocycles. The number of hydrogen-bond acceptors (Lipinski definition) is 9. The zero-order valence-corrected chi connectivity index (χ0v) is 18.9. The van der Waals surface area contributed by atoms with Crippen molar-refractivity contribution in [3.63, 3.8) is 0 Å². The number of aromatic nitrogens is 4. The number of aryl methyl sites for hydroxylation is 1. The zero-order valence-electron chi connectivity index (χ0n) is 17.3. The summed E-state index contributed by atoms with van der Waals surface area (Å²) in [5, 5.41) is 4.05. The Morgan fingerprint density at radius 2 is 1.78 bits per heavy atom. The van der Waals surface area contributed by atoms with Crippen molar-refractivity contribution >= 4 is 32.8 Å². The Hall–Kier alpha value is -2.73. The van der Waals surface area contributed by atoms with Gasteiger partial charge in [0.1, 0.15) is 15.9 Å². The Morgan fingerprint density at radius 1 is 0.969 bits per heavy atom. The van der Waals surface area contributed by atoms with Crippen LogP contribution in [0.25, 0.3) is 22.4 Å². The van der Waals surface area contributed by atoms with Crippen LogP contribution in [0.2, 0.25) is 0 Å². The number of fused-ring (bicyclic) bond motifs is 1. The molecule has 0 spiro atoms. The van der Waals surface area contributed by atoms with E-state index < -0.39 is 10.0 Å². The minimum Gasteiger partial charge on any atom is -0.339 e. The Morgan fingerprint density at radius 3 is 2.59 bits per heavy atom. The molecule has 0 N–H and O–H groups in total. The molecule has 9 nitrogen and oxygen atoms in total. The smallest absolute Gasteiger partial charge is 0.245 e. The highest BCUT2D eigenvalue weighted by Gasteiger charge is 2.30. The molecule has 1 saturated heterocycles. The van der Waals surface area contributed by atoms with Gasteiger partial charge in [0, 0.05) is 38.2 Å². The second-order valence-electron chi connectivity index (χ2n) is 7.62. The van der Waals surface area contributed by atoms with Crippen molar-refractivity contribution in [1.82, 2.24) is 28.1 Å². The van der Waals surface area contributed by atoms with E-state index in [4.69, 9.17) is 4.52 Å². The van der Waals surface area contributed by atoms with Gasteiger partial charge in [0.25, 0.3) is 0 Å². The van der Waals surface area contributed by atoms with Crippen LogP contribution in [0.3, 0.4) is 0 Å². The Balaban J connectivity index is 1.14. The van der Waals surface area contributed by atoms with Crippen molar-refractivity contribution in [2.75, 3.05) is 32.7 Å². The van der Waals surface area contributed by atoms with Crippen molar-refractivity contribution in [2.45, 2.75) is 17.7 Å². The molecule has 166 valence electrons. The van der Waals surface area contributed by atoms with Crippen molar-refractivity contribution in [3.8, 4) is 11.4 Å². The molecule has 1 fully saturated rings. The minimum absolute atomic E-state index is 0.239. The summed E-state index contributed by atoms with van der Waals surface area (Å²) >= 11 is 1.03. The lowest BCUT2D eigenvalue weighted by Crippen LogP contribution is -2.48. The maximum atomic E-state index is 13.1. The van der Waals surface area contributed by atoms with E-state index in [0.717, 1.165) is 30.3 Å². The van der Waals surface area contributed by atoms with Gasteiger partial charge < -0.3 is 9.42 Å². The number of benzene rings is 2. The third-order valence-electron chi connectivity index (χ3n) is 5.56. The van der Waals surface area contributed by atoms with Crippen LogP contribution in [-0.4, -0.2) is 69.2 Å². The lowest BCUT2D eigenvalue weighted by Gasteiger charge is -2.33. The number of rotatable bonds is 7. The average Bonchev–Trinajstić information content (AvgIpc) is 3.49. The highest BCUT2D eigenvalue weighted by molar-refractivity contribution is 7.89. The molecular formula is C21H22N6O3S2. The van der Waals surface area contributed by atoms with Crippen LogP contribution in [-0.2, 0) is 16.4 Å². The molecule has 5 rings (SSSR count). The molecule has 0 saturated carbocycles. The molecule has 1 aliphatic rings. The molecule has 2 aromatic carbocycles. The zero-order chi connectivity index (χ0) is 22.0. The van der Waals surface area contributed by atoms with Gasteiger partial charge >= 0.3 is 0 Å². The summed E-state index contributed by atoms with van der Waals surface area (Å²) in [6.45, 7) is 3.12. The van der Waals surface area contributed by atoms with Gasteiger partial charge in [-0.15, -0.1) is 0 Å². The van der Waals surface area contributed by atoms with E-state index in [1.54, 1.807) is 22.5 Å². The number of sulfonamides is 1. The van der Waals surface area contributed by atoms with Crippen LogP contribution < -0.4 is 0 Å². The number of piperazine rings is 1. The summed E-state index contributed by atoms with van der Waals surface area (Å²) in [5.74, 6) is 1.22. The molecule has 0 unspecified atom stereocenters. The first kappa shape index (κ1) is 21.1. The highest BCUT2D eigenvalue weighted by atomic mass is 32.2. The van der Waals surface area contributed by atoms with Crippen LogP contribution >= 0.6 is 11.7 Å². The third-order valence-corrected chi connectivity index (χ3v) is 8.04. The minimum atomic E-state index is -3.59. The van der Waals surface area contributed by atoms with E-state index in [1.807, 2.05) is 30.3 Å². The van der Waals surface area contributed by atoms with Crippen LogP contribution in [0, 0.1) is 0 Å². The van der Waals surface area contributed by atoms with Crippen LogP contribution in [0.5, 0.6) is 0 Å². The van der Waals surface area contributed by atoms with Crippen LogP contribution in [0.4, 0.5) is 0 Å². The first-order valence-corrected chi connectivity index (χ1v) is 12.6. The lowest BCUT2D eigenvalue weighted by atomic mass is 10.2. The fraction of sp³-hybridized carbons (Fsp3) is 0.333. The van der Waals surface area contributed by atoms with Gasteiger partial charge in [0.05, 0.1) is 11.7 Å². The van der Waals surface area contributed by atoms with E-state index in [9.17, 15) is 8.42 Å². The Bertz CT molecular complexity index is 1300. The second-order valence-corrected chi connectivity index (χ2v) is 10.0. The van der Waals surface area contributed by atoms with Crippen molar-refractivity contribution < 1.29 is 12.9 Å². The molecule has 1 aliphatic heterocycles. The molecule has 0 amide bonds. The summed E-state index contributed by atoms with van der Waals surface area (Å²) < 4.78 is 41.5. The normalized spacial score (nSPS) is 16.0. The summed E-state index contributed by atoms with van der Waals surface area (Å²) in [5.41, 5.74) is 2.00. The molecular weight excluding hydrogens is 448 g/mol. The topological polar surface area (TPSA) is 105 Å². The second kappa shape index (κ2) is 9.02. The van der Waals surface area contributed by atoms with Crippen LogP contribution in [0.15, 0.2) is 57.9 Å². The SMILES string of the molecule is O=S(=O)(c1cccc2nsnc12)N1CCN(CCCc2nc(-c3ccccc3)no2)CC1. The fourth-order valence-electron chi connectivity index (χ4n) is 3.84. The molecule has 3 heterocycles. The standard InChI is InChI=1S/C21H22N6O3S2/c28-32(29,18-9-4-8-17-20(18)25-31-24-17)27-14-12-26(13-15-27)11-5-10-19-22-21(23-30-19)16-6-2-1-3-7-16/h1-4,6-9H,5,10-15H2. The molecule has 32 heavy (non-hydrogen) atoms. The van der Waals surface area contributed by atoms with Gasteiger partial charge in [-0.2, -0.15) is 18.0 Å². The van der Waals surface area contributed by atoms with E-state index in [-0.39, 0.29) is 4.90 Å². The Kier molecular flexibility index (Phi) is 5.96. The van der Waals surface area contributed by atoms with E-state index >= 15 is 0 Å². The maximum Gasteiger partial charge on any atom is 0.245 e. The van der Waals surface area contributed by atoms with E-state index in [2.05, 4.69) is 23.8 Å². The first-order valence-electron chi connectivity index (χ1n) is 10.4.